The lowest BCUT2D eigenvalue weighted by Gasteiger charge is -2.47. The SMILES string of the molecule is NCCCCCOC1OC(C[N+](=O)[O-])C(OC2OC(CO)C(OC3OC(CO)C(O)C(O)C3O)C(O)C2O)C(O)C1O. The maximum atomic E-state index is 11.3. The van der Waals surface area contributed by atoms with Crippen molar-refractivity contribution in [2.75, 3.05) is 32.9 Å². The third-order valence-electron chi connectivity index (χ3n) is 7.35. The van der Waals surface area contributed by atoms with Gasteiger partial charge in [0.25, 0.3) is 0 Å². The van der Waals surface area contributed by atoms with Gasteiger partial charge in [0.2, 0.25) is 6.54 Å². The minimum atomic E-state index is -1.99. The summed E-state index contributed by atoms with van der Waals surface area (Å²) in [5.74, 6) is 0. The fraction of sp³-hybridized carbons (Fsp3) is 1.00. The van der Waals surface area contributed by atoms with Crippen molar-refractivity contribution in [1.82, 2.24) is 0 Å². The number of hydrogen-bond acceptors (Lipinski definition) is 18. The molecule has 0 aromatic rings. The second-order valence-electron chi connectivity index (χ2n) is 10.4. The van der Waals surface area contributed by atoms with Crippen LogP contribution in [0.25, 0.3) is 0 Å². The summed E-state index contributed by atoms with van der Waals surface area (Å²) in [6.45, 7) is -1.95. The van der Waals surface area contributed by atoms with E-state index in [1.807, 2.05) is 0 Å². The van der Waals surface area contributed by atoms with Crippen LogP contribution >= 0.6 is 0 Å². The van der Waals surface area contributed by atoms with Gasteiger partial charge in [-0.2, -0.15) is 0 Å². The number of nitrogens with zero attached hydrogens (tertiary/aromatic N) is 1. The van der Waals surface area contributed by atoms with Crippen LogP contribution in [-0.4, -0.2) is 176 Å². The molecule has 0 spiro atoms. The smallest absolute Gasteiger partial charge is 0.232 e. The molecule has 15 unspecified atom stereocenters. The maximum Gasteiger partial charge on any atom is 0.232 e. The fourth-order valence-corrected chi connectivity index (χ4v) is 4.95. The minimum Gasteiger partial charge on any atom is -0.394 e. The Labute approximate surface area is 240 Å². The van der Waals surface area contributed by atoms with Gasteiger partial charge in [-0.15, -0.1) is 0 Å². The third-order valence-corrected chi connectivity index (χ3v) is 7.35. The number of ether oxygens (including phenoxy) is 6. The van der Waals surface area contributed by atoms with Gasteiger partial charge in [-0.25, -0.2) is 0 Å². The predicted octanol–water partition coefficient (Wildman–Crippen LogP) is -6.14. The van der Waals surface area contributed by atoms with Crippen LogP contribution in [0.2, 0.25) is 0 Å². The molecule has 3 aliphatic rings. The van der Waals surface area contributed by atoms with Crippen LogP contribution in [0, 0.1) is 10.1 Å². The van der Waals surface area contributed by atoms with Gasteiger partial charge >= 0.3 is 0 Å². The number of aliphatic hydroxyl groups excluding tert-OH is 9. The normalized spacial score (nSPS) is 44.7. The molecule has 15 atom stereocenters. The number of nitrogens with two attached hydrogens (primary N) is 1. The van der Waals surface area contributed by atoms with Crippen LogP contribution < -0.4 is 5.73 Å². The van der Waals surface area contributed by atoms with Crippen molar-refractivity contribution >= 4 is 0 Å². The van der Waals surface area contributed by atoms with E-state index in [1.165, 1.54) is 0 Å². The van der Waals surface area contributed by atoms with Crippen molar-refractivity contribution < 1.29 is 79.3 Å². The van der Waals surface area contributed by atoms with Gasteiger partial charge in [0.1, 0.15) is 67.1 Å². The Morgan fingerprint density at radius 1 is 0.643 bits per heavy atom. The van der Waals surface area contributed by atoms with Crippen molar-refractivity contribution in [3.8, 4) is 0 Å². The molecule has 42 heavy (non-hydrogen) atoms. The second kappa shape index (κ2) is 16.2. The lowest BCUT2D eigenvalue weighted by atomic mass is 9.96. The molecular weight excluding hydrogens is 576 g/mol. The van der Waals surface area contributed by atoms with Crippen LogP contribution in [0.3, 0.4) is 0 Å². The summed E-state index contributed by atoms with van der Waals surface area (Å²) in [5, 5.41) is 104. The summed E-state index contributed by atoms with van der Waals surface area (Å²) >= 11 is 0. The van der Waals surface area contributed by atoms with Crippen LogP contribution in [0.1, 0.15) is 19.3 Å². The highest BCUT2D eigenvalue weighted by atomic mass is 16.8. The number of nitro groups is 1. The van der Waals surface area contributed by atoms with Crippen LogP contribution in [0.5, 0.6) is 0 Å². The van der Waals surface area contributed by atoms with Gasteiger partial charge in [-0.1, -0.05) is 0 Å². The molecule has 3 aliphatic heterocycles. The average Bonchev–Trinajstić information content (AvgIpc) is 2.96. The third kappa shape index (κ3) is 8.27. The van der Waals surface area contributed by atoms with Gasteiger partial charge in [0, 0.05) is 11.5 Å². The lowest BCUT2D eigenvalue weighted by molar-refractivity contribution is -0.505. The van der Waals surface area contributed by atoms with E-state index in [4.69, 9.17) is 34.2 Å². The lowest BCUT2D eigenvalue weighted by Crippen LogP contribution is -2.66. The molecule has 0 radical (unpaired) electrons. The summed E-state index contributed by atoms with van der Waals surface area (Å²) in [7, 11) is 0. The summed E-state index contributed by atoms with van der Waals surface area (Å²) < 4.78 is 32.8. The monoisotopic (exact) mass is 618 g/mol. The zero-order chi connectivity index (χ0) is 31.1. The summed E-state index contributed by atoms with van der Waals surface area (Å²) in [6, 6.07) is 0. The molecule has 3 saturated heterocycles. The Bertz CT molecular complexity index is 826. The van der Waals surface area contributed by atoms with E-state index in [-0.39, 0.29) is 6.61 Å². The average molecular weight is 619 g/mol. The molecule has 3 heterocycles. The topological polar surface area (TPSA) is 307 Å². The number of aliphatic hydroxyl groups is 9. The van der Waals surface area contributed by atoms with Crippen LogP contribution in [0.4, 0.5) is 0 Å². The van der Waals surface area contributed by atoms with E-state index in [0.717, 1.165) is 12.8 Å². The van der Waals surface area contributed by atoms with Crippen molar-refractivity contribution in [3.05, 3.63) is 10.1 Å². The van der Waals surface area contributed by atoms with Gasteiger partial charge in [-0.05, 0) is 25.8 Å². The Balaban J connectivity index is 1.69. The molecule has 3 rings (SSSR count). The Morgan fingerprint density at radius 2 is 1.14 bits per heavy atom. The second-order valence-corrected chi connectivity index (χ2v) is 10.4. The van der Waals surface area contributed by atoms with Gasteiger partial charge in [0.05, 0.1) is 13.2 Å². The van der Waals surface area contributed by atoms with Crippen molar-refractivity contribution in [2.24, 2.45) is 5.73 Å². The molecule has 0 aromatic carbocycles. The molecular formula is C23H42N2O17. The quantitative estimate of drug-likeness (QED) is 0.0492. The standard InChI is InChI=1S/C23H42N2O17/c24-4-2-1-3-5-37-21-17(33)14(30)19(9(38-21)6-25(35)36)41-23-18(34)15(31)20(11(8-27)40-23)42-22-16(32)13(29)12(28)10(7-26)39-22/h9-23,26-34H,1-8,24H2. The van der Waals surface area contributed by atoms with Crippen molar-refractivity contribution in [3.63, 3.8) is 0 Å². The highest BCUT2D eigenvalue weighted by Crippen LogP contribution is 2.32. The first-order valence-corrected chi connectivity index (χ1v) is 13.6. The molecule has 11 N–H and O–H groups in total. The largest absolute Gasteiger partial charge is 0.394 e. The number of unbranched alkanes of at least 4 members (excludes halogenated alkanes) is 2. The zero-order valence-corrected chi connectivity index (χ0v) is 22.6. The van der Waals surface area contributed by atoms with E-state index in [0.29, 0.717) is 13.0 Å². The molecule has 19 heteroatoms. The number of rotatable bonds is 14. The zero-order valence-electron chi connectivity index (χ0n) is 22.6. The summed E-state index contributed by atoms with van der Waals surface area (Å²) in [5.41, 5.74) is 5.44. The van der Waals surface area contributed by atoms with Crippen LogP contribution in [-0.2, 0) is 28.4 Å². The molecule has 0 aliphatic carbocycles. The Hall–Kier alpha value is -1.24. The highest BCUT2D eigenvalue weighted by Gasteiger charge is 2.54. The molecule has 0 amide bonds. The van der Waals surface area contributed by atoms with Gasteiger partial charge < -0.3 is 80.1 Å². The molecule has 0 aromatic heterocycles. The van der Waals surface area contributed by atoms with E-state index in [9.17, 15) is 56.1 Å². The first kappa shape index (κ1) is 35.2. The van der Waals surface area contributed by atoms with E-state index in [2.05, 4.69) is 0 Å². The predicted molar refractivity (Wildman–Crippen MR) is 133 cm³/mol. The van der Waals surface area contributed by atoms with E-state index >= 15 is 0 Å². The Kier molecular flexibility index (Phi) is 13.6. The molecule has 246 valence electrons. The fourth-order valence-electron chi connectivity index (χ4n) is 4.95. The molecule has 0 bridgehead atoms. The summed E-state index contributed by atoms with van der Waals surface area (Å²) in [6.07, 6.45) is -23.5. The minimum absolute atomic E-state index is 0.107. The molecule has 3 fully saturated rings. The van der Waals surface area contributed by atoms with Crippen molar-refractivity contribution in [2.45, 2.75) is 111 Å². The van der Waals surface area contributed by atoms with E-state index in [1.54, 1.807) is 0 Å². The highest BCUT2D eigenvalue weighted by molar-refractivity contribution is 4.96. The Morgan fingerprint density at radius 3 is 1.69 bits per heavy atom. The maximum absolute atomic E-state index is 11.3. The van der Waals surface area contributed by atoms with Gasteiger partial charge in [0.15, 0.2) is 25.0 Å². The van der Waals surface area contributed by atoms with E-state index < -0.39 is 117 Å². The molecule has 0 saturated carbocycles. The van der Waals surface area contributed by atoms with Crippen molar-refractivity contribution in [1.29, 1.82) is 0 Å². The molecule has 19 nitrogen and oxygen atoms in total. The van der Waals surface area contributed by atoms with Gasteiger partial charge in [-0.3, -0.25) is 10.1 Å². The first-order valence-electron chi connectivity index (χ1n) is 13.6. The number of hydrogen-bond donors (Lipinski definition) is 10. The van der Waals surface area contributed by atoms with Crippen LogP contribution in [0.15, 0.2) is 0 Å². The first-order chi connectivity index (χ1) is 19.9. The summed E-state index contributed by atoms with van der Waals surface area (Å²) in [4.78, 5) is 10.6.